The van der Waals surface area contributed by atoms with Crippen LogP contribution < -0.4 is 5.32 Å². The molecule has 0 aliphatic carbocycles. The molecule has 0 aliphatic heterocycles. The lowest BCUT2D eigenvalue weighted by atomic mass is 10.1. The number of amides is 1. The van der Waals surface area contributed by atoms with Gasteiger partial charge in [-0.1, -0.05) is 25.2 Å². The largest absolute Gasteiger partial charge is 0.295 e. The highest BCUT2D eigenvalue weighted by Gasteiger charge is 2.12. The Labute approximate surface area is 115 Å². The molecule has 0 aromatic carbocycles. The van der Waals surface area contributed by atoms with Crippen molar-refractivity contribution in [2.24, 2.45) is 5.92 Å². The van der Waals surface area contributed by atoms with Gasteiger partial charge in [-0.2, -0.15) is 0 Å². The summed E-state index contributed by atoms with van der Waals surface area (Å²) in [4.78, 5) is 19.9. The summed E-state index contributed by atoms with van der Waals surface area (Å²) in [5.74, 6) is 0.194. The lowest BCUT2D eigenvalue weighted by Gasteiger charge is -2.00. The van der Waals surface area contributed by atoms with E-state index in [-0.39, 0.29) is 11.6 Å². The average Bonchev–Trinajstić information content (AvgIpc) is 2.76. The molecule has 2 rings (SSSR count). The van der Waals surface area contributed by atoms with Crippen LogP contribution in [0.5, 0.6) is 0 Å². The van der Waals surface area contributed by atoms with Crippen molar-refractivity contribution in [2.75, 3.05) is 5.32 Å². The number of nitrogens with one attached hydrogen (secondary N) is 1. The lowest BCUT2D eigenvalue weighted by molar-refractivity contribution is 0.102. The highest BCUT2D eigenvalue weighted by molar-refractivity contribution is 7.15. The molecule has 0 fully saturated rings. The maximum absolute atomic E-state index is 11.9. The fourth-order valence-corrected chi connectivity index (χ4v) is 2.35. The molecule has 1 N–H and O–H groups in total. The van der Waals surface area contributed by atoms with Gasteiger partial charge in [-0.3, -0.25) is 15.1 Å². The summed E-state index contributed by atoms with van der Waals surface area (Å²) < 4.78 is 0. The van der Waals surface area contributed by atoms with Gasteiger partial charge in [-0.05, 0) is 12.8 Å². The Morgan fingerprint density at radius 2 is 2.11 bits per heavy atom. The average molecular weight is 277 g/mol. The van der Waals surface area contributed by atoms with Gasteiger partial charge < -0.3 is 0 Å². The van der Waals surface area contributed by atoms with Crippen LogP contribution in [0.1, 0.15) is 35.0 Å². The first-order chi connectivity index (χ1) is 9.04. The van der Waals surface area contributed by atoms with Crippen molar-refractivity contribution in [2.45, 2.75) is 27.2 Å². The van der Waals surface area contributed by atoms with Crippen molar-refractivity contribution in [3.63, 3.8) is 0 Å². The van der Waals surface area contributed by atoms with Crippen molar-refractivity contribution in [1.82, 2.24) is 20.2 Å². The molecule has 0 atom stereocenters. The van der Waals surface area contributed by atoms with Gasteiger partial charge in [0.05, 0.1) is 11.9 Å². The fraction of sp³-hybridized carbons (Fsp3) is 0.417. The molecular weight excluding hydrogens is 262 g/mol. The van der Waals surface area contributed by atoms with Crippen LogP contribution in [0.3, 0.4) is 0 Å². The highest BCUT2D eigenvalue weighted by Crippen LogP contribution is 2.18. The summed E-state index contributed by atoms with van der Waals surface area (Å²) in [6, 6.07) is 0. The monoisotopic (exact) mass is 277 g/mol. The van der Waals surface area contributed by atoms with E-state index in [4.69, 9.17) is 0 Å². The van der Waals surface area contributed by atoms with Gasteiger partial charge in [-0.15, -0.1) is 10.2 Å². The normalized spacial score (nSPS) is 10.7. The molecule has 2 heterocycles. The van der Waals surface area contributed by atoms with Crippen LogP contribution in [-0.2, 0) is 6.42 Å². The summed E-state index contributed by atoms with van der Waals surface area (Å²) in [5, 5.41) is 12.1. The minimum atomic E-state index is -0.320. The first kappa shape index (κ1) is 13.5. The van der Waals surface area contributed by atoms with Gasteiger partial charge in [0, 0.05) is 12.6 Å². The molecule has 100 valence electrons. The third kappa shape index (κ3) is 3.78. The zero-order chi connectivity index (χ0) is 13.8. The number of rotatable bonds is 4. The summed E-state index contributed by atoms with van der Waals surface area (Å²) in [5.41, 5.74) is 1.04. The summed E-state index contributed by atoms with van der Waals surface area (Å²) in [7, 11) is 0. The van der Waals surface area contributed by atoms with Gasteiger partial charge in [0.2, 0.25) is 5.13 Å². The van der Waals surface area contributed by atoms with Crippen LogP contribution in [0.4, 0.5) is 5.13 Å². The van der Waals surface area contributed by atoms with E-state index in [0.29, 0.717) is 11.0 Å². The minimum absolute atomic E-state index is 0.270. The number of carbonyl (C=O) groups excluding carboxylic acids is 1. The van der Waals surface area contributed by atoms with Gasteiger partial charge in [0.1, 0.15) is 10.7 Å². The number of aromatic nitrogens is 4. The van der Waals surface area contributed by atoms with E-state index in [1.54, 1.807) is 6.20 Å². The van der Waals surface area contributed by atoms with Crippen LogP contribution in [0.15, 0.2) is 12.4 Å². The first-order valence-corrected chi connectivity index (χ1v) is 6.78. The number of nitrogens with zero attached hydrogens (tertiary/aromatic N) is 4. The predicted molar refractivity (Wildman–Crippen MR) is 73.2 cm³/mol. The van der Waals surface area contributed by atoms with Crippen LogP contribution >= 0.6 is 11.3 Å². The highest BCUT2D eigenvalue weighted by atomic mass is 32.1. The second-order valence-electron chi connectivity index (χ2n) is 4.60. The Hall–Kier alpha value is -1.89. The Morgan fingerprint density at radius 3 is 2.74 bits per heavy atom. The second-order valence-corrected chi connectivity index (χ2v) is 5.66. The molecule has 6 nitrogen and oxygen atoms in total. The van der Waals surface area contributed by atoms with Crippen molar-refractivity contribution in [3.8, 4) is 0 Å². The van der Waals surface area contributed by atoms with Crippen molar-refractivity contribution >= 4 is 22.4 Å². The van der Waals surface area contributed by atoms with E-state index in [1.165, 1.54) is 17.5 Å². The number of aryl methyl sites for hydroxylation is 1. The Balaban J connectivity index is 2.02. The molecule has 2 aromatic heterocycles. The standard InChI is InChI=1S/C12H15N5OS/c1-7(2)4-10-16-17-12(19-10)15-11(18)9-6-13-8(3)5-14-9/h5-7H,4H2,1-3H3,(H,15,17,18). The fourth-order valence-electron chi connectivity index (χ4n) is 1.41. The van der Waals surface area contributed by atoms with Crippen LogP contribution in [-0.4, -0.2) is 26.1 Å². The first-order valence-electron chi connectivity index (χ1n) is 5.97. The Bertz CT molecular complexity index is 564. The van der Waals surface area contributed by atoms with E-state index in [0.717, 1.165) is 17.1 Å². The number of anilines is 1. The maximum atomic E-state index is 11.9. The number of hydrogen-bond donors (Lipinski definition) is 1. The molecule has 0 radical (unpaired) electrons. The van der Waals surface area contributed by atoms with Gasteiger partial charge in [0.15, 0.2) is 0 Å². The van der Waals surface area contributed by atoms with Crippen molar-refractivity contribution in [1.29, 1.82) is 0 Å². The van der Waals surface area contributed by atoms with Crippen LogP contribution in [0.2, 0.25) is 0 Å². The number of carbonyl (C=O) groups is 1. The van der Waals surface area contributed by atoms with Gasteiger partial charge >= 0.3 is 0 Å². The Kier molecular flexibility index (Phi) is 4.16. The summed E-state index contributed by atoms with van der Waals surface area (Å²) in [6.07, 6.45) is 3.86. The Morgan fingerprint density at radius 1 is 1.32 bits per heavy atom. The molecule has 0 unspecified atom stereocenters. The van der Waals surface area contributed by atoms with Gasteiger partial charge in [0.25, 0.3) is 5.91 Å². The second kappa shape index (κ2) is 5.83. The van der Waals surface area contributed by atoms with Crippen LogP contribution in [0, 0.1) is 12.8 Å². The quantitative estimate of drug-likeness (QED) is 0.925. The molecule has 0 bridgehead atoms. The molecule has 7 heteroatoms. The predicted octanol–water partition coefficient (Wildman–Crippen LogP) is 2.09. The zero-order valence-corrected chi connectivity index (χ0v) is 11.9. The smallest absolute Gasteiger partial charge is 0.277 e. The van der Waals surface area contributed by atoms with Crippen molar-refractivity contribution in [3.05, 3.63) is 28.8 Å². The van der Waals surface area contributed by atoms with E-state index >= 15 is 0 Å². The molecule has 0 aliphatic rings. The maximum Gasteiger partial charge on any atom is 0.277 e. The van der Waals surface area contributed by atoms with Crippen molar-refractivity contribution < 1.29 is 4.79 Å². The molecule has 0 saturated carbocycles. The van der Waals surface area contributed by atoms with E-state index in [1.807, 2.05) is 6.92 Å². The third-order valence-corrected chi connectivity index (χ3v) is 3.14. The molecule has 1 amide bonds. The molecule has 0 spiro atoms. The summed E-state index contributed by atoms with van der Waals surface area (Å²) >= 11 is 1.39. The molecular formula is C12H15N5OS. The molecule has 19 heavy (non-hydrogen) atoms. The van der Waals surface area contributed by atoms with Gasteiger partial charge in [-0.25, -0.2) is 4.98 Å². The molecule has 0 saturated heterocycles. The SMILES string of the molecule is Cc1cnc(C(=O)Nc2nnc(CC(C)C)s2)cn1. The number of hydrogen-bond acceptors (Lipinski definition) is 6. The summed E-state index contributed by atoms with van der Waals surface area (Å²) in [6.45, 7) is 6.04. The lowest BCUT2D eigenvalue weighted by Crippen LogP contribution is -2.13. The van der Waals surface area contributed by atoms with E-state index < -0.39 is 0 Å². The van der Waals surface area contributed by atoms with Crippen LogP contribution in [0.25, 0.3) is 0 Å². The third-order valence-electron chi connectivity index (χ3n) is 2.28. The molecule has 2 aromatic rings. The minimum Gasteiger partial charge on any atom is -0.295 e. The zero-order valence-electron chi connectivity index (χ0n) is 11.0. The van der Waals surface area contributed by atoms with E-state index in [9.17, 15) is 4.79 Å². The topological polar surface area (TPSA) is 80.7 Å². The van der Waals surface area contributed by atoms with E-state index in [2.05, 4.69) is 39.3 Å².